The van der Waals surface area contributed by atoms with Crippen molar-refractivity contribution in [2.45, 2.75) is 37.5 Å². The lowest BCUT2D eigenvalue weighted by atomic mass is 10.1. The van der Waals surface area contributed by atoms with Crippen molar-refractivity contribution in [3.63, 3.8) is 0 Å². The van der Waals surface area contributed by atoms with Gasteiger partial charge in [-0.25, -0.2) is 13.4 Å². The Labute approximate surface area is 205 Å². The van der Waals surface area contributed by atoms with E-state index in [0.717, 1.165) is 46.3 Å². The number of aryl methyl sites for hydroxylation is 1. The van der Waals surface area contributed by atoms with Crippen LogP contribution in [0.4, 0.5) is 10.8 Å². The van der Waals surface area contributed by atoms with Gasteiger partial charge in [0.1, 0.15) is 5.75 Å². The molecule has 10 heteroatoms. The molecule has 4 rings (SSSR count). The standard InChI is InChI=1S/C23H24BrN3O4S2/c1-14-21(32-23(25-14)26-22(28)15-5-3-4-6-15)16-7-12-20(31-2)19(13-16)27-33(29,30)18-10-8-17(24)9-11-18/h7-13,15,27H,3-6H2,1-2H3,(H,25,26,28). The van der Waals surface area contributed by atoms with E-state index in [1.807, 2.05) is 13.0 Å². The molecule has 7 nitrogen and oxygen atoms in total. The van der Waals surface area contributed by atoms with Gasteiger partial charge in [0.05, 0.1) is 28.3 Å². The summed E-state index contributed by atoms with van der Waals surface area (Å²) < 4.78 is 34.6. The highest BCUT2D eigenvalue weighted by Crippen LogP contribution is 2.38. The molecule has 174 valence electrons. The molecule has 33 heavy (non-hydrogen) atoms. The van der Waals surface area contributed by atoms with E-state index in [-0.39, 0.29) is 16.7 Å². The third kappa shape index (κ3) is 5.39. The van der Waals surface area contributed by atoms with E-state index in [2.05, 4.69) is 31.0 Å². The predicted molar refractivity (Wildman–Crippen MR) is 134 cm³/mol. The minimum atomic E-state index is -3.81. The second-order valence-electron chi connectivity index (χ2n) is 7.88. The molecule has 1 saturated carbocycles. The average Bonchev–Trinajstić information content (AvgIpc) is 3.44. The van der Waals surface area contributed by atoms with Gasteiger partial charge in [-0.15, -0.1) is 0 Å². The van der Waals surface area contributed by atoms with Crippen LogP contribution in [0.1, 0.15) is 31.4 Å². The Balaban J connectivity index is 1.61. The highest BCUT2D eigenvalue weighted by molar-refractivity contribution is 9.10. The summed E-state index contributed by atoms with van der Waals surface area (Å²) in [5.74, 6) is 0.472. The zero-order chi connectivity index (χ0) is 23.6. The van der Waals surface area contributed by atoms with E-state index < -0.39 is 10.0 Å². The zero-order valence-electron chi connectivity index (χ0n) is 18.2. The number of halogens is 1. The summed E-state index contributed by atoms with van der Waals surface area (Å²) >= 11 is 4.69. The van der Waals surface area contributed by atoms with Crippen LogP contribution in [0.2, 0.25) is 0 Å². The highest BCUT2D eigenvalue weighted by atomic mass is 79.9. The van der Waals surface area contributed by atoms with Crippen molar-refractivity contribution in [3.05, 3.63) is 52.6 Å². The van der Waals surface area contributed by atoms with Crippen molar-refractivity contribution < 1.29 is 17.9 Å². The van der Waals surface area contributed by atoms with Gasteiger partial charge in [-0.1, -0.05) is 40.1 Å². The molecule has 2 aromatic carbocycles. The number of anilines is 2. The number of methoxy groups -OCH3 is 1. The minimum absolute atomic E-state index is 0.0190. The van der Waals surface area contributed by atoms with Gasteiger partial charge in [0, 0.05) is 10.4 Å². The smallest absolute Gasteiger partial charge is 0.262 e. The minimum Gasteiger partial charge on any atom is -0.495 e. The number of benzene rings is 2. The first-order valence-corrected chi connectivity index (χ1v) is 13.6. The summed E-state index contributed by atoms with van der Waals surface area (Å²) in [5, 5.41) is 3.49. The van der Waals surface area contributed by atoms with Crippen molar-refractivity contribution in [2.75, 3.05) is 17.1 Å². The van der Waals surface area contributed by atoms with Gasteiger partial charge >= 0.3 is 0 Å². The molecule has 1 heterocycles. The number of carbonyl (C=O) groups is 1. The monoisotopic (exact) mass is 549 g/mol. The molecule has 0 aliphatic heterocycles. The number of carbonyl (C=O) groups excluding carboxylic acids is 1. The number of nitrogens with one attached hydrogen (secondary N) is 2. The molecule has 0 saturated heterocycles. The first kappa shape index (κ1) is 23.7. The molecule has 0 radical (unpaired) electrons. The number of aromatic nitrogens is 1. The van der Waals surface area contributed by atoms with Crippen molar-refractivity contribution in [1.82, 2.24) is 4.98 Å². The summed E-state index contributed by atoms with van der Waals surface area (Å²) in [6, 6.07) is 11.7. The van der Waals surface area contributed by atoms with E-state index >= 15 is 0 Å². The number of hydrogen-bond donors (Lipinski definition) is 2. The Hall–Kier alpha value is -2.43. The number of thiazole rings is 1. The van der Waals surface area contributed by atoms with Gasteiger partial charge in [-0.05, 0) is 67.8 Å². The molecule has 3 aromatic rings. The maximum atomic E-state index is 12.9. The van der Waals surface area contributed by atoms with E-state index in [9.17, 15) is 13.2 Å². The number of nitrogens with zero attached hydrogens (tertiary/aromatic N) is 1. The van der Waals surface area contributed by atoms with Gasteiger partial charge in [0.2, 0.25) is 5.91 Å². The molecule has 1 amide bonds. The second-order valence-corrected chi connectivity index (χ2v) is 11.5. The van der Waals surface area contributed by atoms with E-state index in [1.165, 1.54) is 30.6 Å². The Morgan fingerprint density at radius 2 is 1.85 bits per heavy atom. The lowest BCUT2D eigenvalue weighted by Gasteiger charge is -2.13. The Morgan fingerprint density at radius 1 is 1.15 bits per heavy atom. The van der Waals surface area contributed by atoms with Crippen LogP contribution in [-0.4, -0.2) is 26.4 Å². The maximum Gasteiger partial charge on any atom is 0.262 e. The molecule has 0 bridgehead atoms. The van der Waals surface area contributed by atoms with Crippen LogP contribution in [0.5, 0.6) is 5.75 Å². The average molecular weight is 551 g/mol. The zero-order valence-corrected chi connectivity index (χ0v) is 21.4. The fraction of sp³-hybridized carbons (Fsp3) is 0.304. The quantitative estimate of drug-likeness (QED) is 0.387. The molecule has 2 N–H and O–H groups in total. The van der Waals surface area contributed by atoms with Crippen LogP contribution < -0.4 is 14.8 Å². The van der Waals surface area contributed by atoms with Gasteiger partial charge in [0.15, 0.2) is 5.13 Å². The first-order valence-electron chi connectivity index (χ1n) is 10.5. The lowest BCUT2D eigenvalue weighted by Crippen LogP contribution is -2.20. The van der Waals surface area contributed by atoms with E-state index in [1.54, 1.807) is 24.3 Å². The lowest BCUT2D eigenvalue weighted by molar-refractivity contribution is -0.119. The molecular formula is C23H24BrN3O4S2. The molecule has 0 unspecified atom stereocenters. The van der Waals surface area contributed by atoms with Gasteiger partial charge < -0.3 is 10.1 Å². The van der Waals surface area contributed by atoms with Crippen LogP contribution in [0, 0.1) is 12.8 Å². The van der Waals surface area contributed by atoms with E-state index in [4.69, 9.17) is 4.74 Å². The third-order valence-electron chi connectivity index (χ3n) is 5.58. The summed E-state index contributed by atoms with van der Waals surface area (Å²) in [6.07, 6.45) is 4.02. The maximum absolute atomic E-state index is 12.9. The number of amides is 1. The predicted octanol–water partition coefficient (Wildman–Crippen LogP) is 5.82. The number of sulfonamides is 1. The largest absolute Gasteiger partial charge is 0.495 e. The fourth-order valence-corrected chi connectivity index (χ4v) is 6.15. The highest BCUT2D eigenvalue weighted by Gasteiger charge is 2.24. The fourth-order valence-electron chi connectivity index (χ4n) is 3.86. The van der Waals surface area contributed by atoms with Crippen molar-refractivity contribution in [2.24, 2.45) is 5.92 Å². The SMILES string of the molecule is COc1ccc(-c2sc(NC(=O)C3CCCC3)nc2C)cc1NS(=O)(=O)c1ccc(Br)cc1. The first-order chi connectivity index (χ1) is 15.8. The molecule has 0 atom stereocenters. The van der Waals surface area contributed by atoms with Gasteiger partial charge in [-0.3, -0.25) is 9.52 Å². The Morgan fingerprint density at radius 3 is 2.52 bits per heavy atom. The number of rotatable bonds is 7. The topological polar surface area (TPSA) is 97.4 Å². The van der Waals surface area contributed by atoms with Crippen LogP contribution in [0.15, 0.2) is 51.8 Å². The summed E-state index contributed by atoms with van der Waals surface area (Å²) in [5.41, 5.74) is 1.86. The molecular weight excluding hydrogens is 526 g/mol. The van der Waals surface area contributed by atoms with Crippen LogP contribution in [0.25, 0.3) is 10.4 Å². The molecule has 1 aliphatic carbocycles. The summed E-state index contributed by atoms with van der Waals surface area (Å²) in [6.45, 7) is 1.87. The normalized spacial score (nSPS) is 14.3. The van der Waals surface area contributed by atoms with Crippen molar-refractivity contribution >= 4 is 54.0 Å². The number of hydrogen-bond acceptors (Lipinski definition) is 6. The summed E-state index contributed by atoms with van der Waals surface area (Å²) in [7, 11) is -2.32. The van der Waals surface area contributed by atoms with Crippen LogP contribution in [0.3, 0.4) is 0 Å². The Bertz CT molecular complexity index is 1270. The molecule has 0 spiro atoms. The van der Waals surface area contributed by atoms with Crippen molar-refractivity contribution in [1.29, 1.82) is 0 Å². The number of ether oxygens (including phenoxy) is 1. The molecule has 1 aliphatic rings. The third-order valence-corrected chi connectivity index (χ3v) is 8.61. The second kappa shape index (κ2) is 9.82. The molecule has 1 fully saturated rings. The van der Waals surface area contributed by atoms with Crippen molar-refractivity contribution in [3.8, 4) is 16.2 Å². The molecule has 1 aromatic heterocycles. The van der Waals surface area contributed by atoms with Gasteiger partial charge in [-0.2, -0.15) is 0 Å². The van der Waals surface area contributed by atoms with Gasteiger partial charge in [0.25, 0.3) is 10.0 Å². The van der Waals surface area contributed by atoms with Crippen LogP contribution >= 0.6 is 27.3 Å². The van der Waals surface area contributed by atoms with E-state index in [0.29, 0.717) is 16.6 Å². The van der Waals surface area contributed by atoms with Crippen LogP contribution in [-0.2, 0) is 14.8 Å². The summed E-state index contributed by atoms with van der Waals surface area (Å²) in [4.78, 5) is 18.0. The Kier molecular flexibility index (Phi) is 7.06.